The number of aryl methyl sites for hydroxylation is 1. The van der Waals surface area contributed by atoms with Crippen molar-refractivity contribution in [3.05, 3.63) is 41.3 Å². The highest BCUT2D eigenvalue weighted by Crippen LogP contribution is 2.35. The molecule has 3 N–H and O–H groups in total. The Morgan fingerprint density at radius 2 is 2.05 bits per heavy atom. The van der Waals surface area contributed by atoms with Gasteiger partial charge >= 0.3 is 0 Å². The van der Waals surface area contributed by atoms with E-state index in [9.17, 15) is 4.79 Å². The number of nitrogens with zero attached hydrogens (tertiary/aromatic N) is 1. The van der Waals surface area contributed by atoms with Gasteiger partial charge in [-0.15, -0.1) is 11.3 Å². The van der Waals surface area contributed by atoms with Crippen LogP contribution in [0.1, 0.15) is 5.56 Å². The third-order valence-electron chi connectivity index (χ3n) is 3.13. The maximum atomic E-state index is 10.8. The third-order valence-corrected chi connectivity index (χ3v) is 4.02. The van der Waals surface area contributed by atoms with Gasteiger partial charge in [-0.3, -0.25) is 4.79 Å². The number of carbonyl (C=O) groups is 1. The van der Waals surface area contributed by atoms with Crippen LogP contribution < -0.4 is 11.1 Å². The van der Waals surface area contributed by atoms with Crippen molar-refractivity contribution in [1.29, 1.82) is 0 Å². The fourth-order valence-corrected chi connectivity index (χ4v) is 2.97. The summed E-state index contributed by atoms with van der Waals surface area (Å²) in [5.74, 6) is 0. The predicted octanol–water partition coefficient (Wildman–Crippen LogP) is 3.42. The number of rotatable bonds is 3. The molecular weight excluding hydrogens is 270 g/mol. The molecule has 4 nitrogen and oxygen atoms in total. The third kappa shape index (κ3) is 2.12. The van der Waals surface area contributed by atoms with Crippen LogP contribution in [0, 0.1) is 6.92 Å². The lowest BCUT2D eigenvalue weighted by Gasteiger charge is -2.07. The zero-order valence-electron chi connectivity index (χ0n) is 10.9. The number of nitrogens with one attached hydrogen (secondary N) is 1. The number of carbonyl (C=O) groups excluding carboxylic acids is 1. The molecule has 5 heteroatoms. The summed E-state index contributed by atoms with van der Waals surface area (Å²) in [6.07, 6.45) is 0.658. The molecule has 0 saturated heterocycles. The van der Waals surface area contributed by atoms with Crippen LogP contribution in [-0.4, -0.2) is 11.4 Å². The van der Waals surface area contributed by atoms with Gasteiger partial charge in [0.1, 0.15) is 4.83 Å². The van der Waals surface area contributed by atoms with E-state index in [0.717, 1.165) is 21.5 Å². The SMILES string of the molecule is Cc1ccc(-c2cc(NC=O)c3c(N)csc3n2)cc1. The first-order chi connectivity index (χ1) is 9.69. The number of amides is 1. The van der Waals surface area contributed by atoms with Crippen LogP contribution in [0.5, 0.6) is 0 Å². The average Bonchev–Trinajstić information content (AvgIpc) is 2.82. The van der Waals surface area contributed by atoms with Gasteiger partial charge in [-0.05, 0) is 13.0 Å². The fraction of sp³-hybridized carbons (Fsp3) is 0.0667. The van der Waals surface area contributed by atoms with Gasteiger partial charge in [0.05, 0.1) is 22.5 Å². The summed E-state index contributed by atoms with van der Waals surface area (Å²) >= 11 is 1.47. The topological polar surface area (TPSA) is 68.0 Å². The Hall–Kier alpha value is -2.40. The minimum absolute atomic E-state index is 0.636. The van der Waals surface area contributed by atoms with E-state index in [2.05, 4.69) is 10.3 Å². The molecule has 20 heavy (non-hydrogen) atoms. The molecule has 0 saturated carbocycles. The van der Waals surface area contributed by atoms with Crippen molar-refractivity contribution >= 4 is 39.3 Å². The number of aromatic nitrogens is 1. The molecular formula is C15H13N3OS. The van der Waals surface area contributed by atoms with E-state index in [0.29, 0.717) is 17.8 Å². The average molecular weight is 283 g/mol. The summed E-state index contributed by atoms with van der Waals surface area (Å²) in [5, 5.41) is 5.35. The Balaban J connectivity index is 2.21. The van der Waals surface area contributed by atoms with Gasteiger partial charge in [0.2, 0.25) is 6.41 Å². The summed E-state index contributed by atoms with van der Waals surface area (Å²) in [6, 6.07) is 9.97. The van der Waals surface area contributed by atoms with Gasteiger partial charge in [0.15, 0.2) is 0 Å². The molecule has 2 heterocycles. The smallest absolute Gasteiger partial charge is 0.211 e. The number of nitrogens with two attached hydrogens (primary N) is 1. The van der Waals surface area contributed by atoms with Crippen LogP contribution in [0.2, 0.25) is 0 Å². The molecule has 0 spiro atoms. The van der Waals surface area contributed by atoms with E-state index >= 15 is 0 Å². The molecule has 0 unspecified atom stereocenters. The zero-order chi connectivity index (χ0) is 14.1. The van der Waals surface area contributed by atoms with Crippen molar-refractivity contribution in [1.82, 2.24) is 4.98 Å². The highest BCUT2D eigenvalue weighted by atomic mass is 32.1. The van der Waals surface area contributed by atoms with E-state index < -0.39 is 0 Å². The first kappa shape index (κ1) is 12.6. The van der Waals surface area contributed by atoms with Gasteiger partial charge < -0.3 is 11.1 Å². The number of nitrogen functional groups attached to an aromatic ring is 1. The molecule has 0 aliphatic rings. The predicted molar refractivity (Wildman–Crippen MR) is 83.9 cm³/mol. The summed E-state index contributed by atoms with van der Waals surface area (Å²) < 4.78 is 0. The highest BCUT2D eigenvalue weighted by Gasteiger charge is 2.11. The van der Waals surface area contributed by atoms with Crippen molar-refractivity contribution in [2.75, 3.05) is 11.1 Å². The summed E-state index contributed by atoms with van der Waals surface area (Å²) in [4.78, 5) is 16.2. The Morgan fingerprint density at radius 1 is 1.30 bits per heavy atom. The molecule has 1 aromatic carbocycles. The van der Waals surface area contributed by atoms with Crippen LogP contribution in [0.15, 0.2) is 35.7 Å². The van der Waals surface area contributed by atoms with Crippen molar-refractivity contribution in [2.24, 2.45) is 0 Å². The normalized spacial score (nSPS) is 10.7. The molecule has 1 amide bonds. The Morgan fingerprint density at radius 3 is 2.75 bits per heavy atom. The maximum absolute atomic E-state index is 10.8. The number of fused-ring (bicyclic) bond motifs is 1. The molecule has 0 aliphatic heterocycles. The highest BCUT2D eigenvalue weighted by molar-refractivity contribution is 7.17. The van der Waals surface area contributed by atoms with Crippen LogP contribution in [-0.2, 0) is 4.79 Å². The van der Waals surface area contributed by atoms with Crippen LogP contribution in [0.4, 0.5) is 11.4 Å². The lowest BCUT2D eigenvalue weighted by Crippen LogP contribution is -1.97. The molecule has 0 atom stereocenters. The fourth-order valence-electron chi connectivity index (χ4n) is 2.11. The Kier molecular flexibility index (Phi) is 3.12. The molecule has 0 aliphatic carbocycles. The maximum Gasteiger partial charge on any atom is 0.211 e. The number of hydrogen-bond acceptors (Lipinski definition) is 4. The second-order valence-electron chi connectivity index (χ2n) is 4.55. The first-order valence-electron chi connectivity index (χ1n) is 6.14. The zero-order valence-corrected chi connectivity index (χ0v) is 11.7. The molecule has 3 rings (SSSR count). The van der Waals surface area contributed by atoms with Crippen LogP contribution in [0.3, 0.4) is 0 Å². The standard InChI is InChI=1S/C15H13N3OS/c1-9-2-4-10(5-3-9)12-6-13(17-8-19)14-11(16)7-20-15(14)18-12/h2-8H,16H2,1H3,(H,17,18,19). The number of pyridine rings is 1. The van der Waals surface area contributed by atoms with E-state index in [1.165, 1.54) is 16.9 Å². The monoisotopic (exact) mass is 283 g/mol. The lowest BCUT2D eigenvalue weighted by molar-refractivity contribution is -0.105. The van der Waals surface area contributed by atoms with Crippen molar-refractivity contribution in [2.45, 2.75) is 6.92 Å². The number of benzene rings is 1. The van der Waals surface area contributed by atoms with Gasteiger partial charge in [-0.25, -0.2) is 4.98 Å². The Labute approximate surface area is 120 Å². The van der Waals surface area contributed by atoms with Gasteiger partial charge in [0, 0.05) is 10.9 Å². The Bertz CT molecular complexity index is 778. The molecule has 3 aromatic rings. The molecule has 0 radical (unpaired) electrons. The van der Waals surface area contributed by atoms with E-state index in [4.69, 9.17) is 5.73 Å². The van der Waals surface area contributed by atoms with Crippen molar-refractivity contribution in [3.63, 3.8) is 0 Å². The van der Waals surface area contributed by atoms with E-state index in [-0.39, 0.29) is 0 Å². The largest absolute Gasteiger partial charge is 0.397 e. The minimum atomic E-state index is 0.636. The van der Waals surface area contributed by atoms with E-state index in [1.807, 2.05) is 42.6 Å². The second kappa shape index (κ2) is 4.94. The summed E-state index contributed by atoms with van der Waals surface area (Å²) in [5.41, 5.74) is 10.3. The molecule has 0 fully saturated rings. The molecule has 100 valence electrons. The number of thiophene rings is 1. The summed E-state index contributed by atoms with van der Waals surface area (Å²) in [7, 11) is 0. The van der Waals surface area contributed by atoms with Crippen LogP contribution >= 0.6 is 11.3 Å². The van der Waals surface area contributed by atoms with E-state index in [1.54, 1.807) is 0 Å². The van der Waals surface area contributed by atoms with Crippen LogP contribution in [0.25, 0.3) is 21.5 Å². The van der Waals surface area contributed by atoms with Gasteiger partial charge in [-0.1, -0.05) is 29.8 Å². The number of anilines is 2. The van der Waals surface area contributed by atoms with Crippen molar-refractivity contribution in [3.8, 4) is 11.3 Å². The second-order valence-corrected chi connectivity index (χ2v) is 5.41. The lowest BCUT2D eigenvalue weighted by atomic mass is 10.1. The van der Waals surface area contributed by atoms with Gasteiger partial charge in [0.25, 0.3) is 0 Å². The summed E-state index contributed by atoms with van der Waals surface area (Å²) in [6.45, 7) is 2.04. The first-order valence-corrected chi connectivity index (χ1v) is 7.02. The quantitative estimate of drug-likeness (QED) is 0.724. The van der Waals surface area contributed by atoms with Crippen molar-refractivity contribution < 1.29 is 4.79 Å². The minimum Gasteiger partial charge on any atom is -0.397 e. The molecule has 0 bridgehead atoms. The molecule has 2 aromatic heterocycles. The number of hydrogen-bond donors (Lipinski definition) is 2. The van der Waals surface area contributed by atoms with Gasteiger partial charge in [-0.2, -0.15) is 0 Å².